The predicted octanol–water partition coefficient (Wildman–Crippen LogP) is 4.67. The van der Waals surface area contributed by atoms with Crippen molar-refractivity contribution in [2.45, 2.75) is 19.3 Å². The average molecular weight is 323 g/mol. The van der Waals surface area contributed by atoms with Crippen LogP contribution in [0.5, 0.6) is 0 Å². The monoisotopic (exact) mass is 322 g/mol. The van der Waals surface area contributed by atoms with Gasteiger partial charge < -0.3 is 0 Å². The highest BCUT2D eigenvalue weighted by atomic mass is 35.5. The van der Waals surface area contributed by atoms with Crippen LogP contribution in [-0.4, -0.2) is 5.78 Å². The maximum atomic E-state index is 12.5. The summed E-state index contributed by atoms with van der Waals surface area (Å²) >= 11 is 5.88. The van der Waals surface area contributed by atoms with Crippen LogP contribution < -0.4 is 0 Å². The van der Waals surface area contributed by atoms with Crippen LogP contribution in [0.15, 0.2) is 48.5 Å². The van der Waals surface area contributed by atoms with Crippen molar-refractivity contribution in [1.29, 1.82) is 10.5 Å². The van der Waals surface area contributed by atoms with Crippen molar-refractivity contribution < 1.29 is 4.79 Å². The van der Waals surface area contributed by atoms with E-state index in [2.05, 4.69) is 0 Å². The molecule has 0 fully saturated rings. The van der Waals surface area contributed by atoms with Crippen molar-refractivity contribution in [2.24, 2.45) is 5.92 Å². The fraction of sp³-hybridized carbons (Fsp3) is 0.211. The first-order valence-electron chi connectivity index (χ1n) is 7.19. The van der Waals surface area contributed by atoms with Crippen molar-refractivity contribution in [3.05, 3.63) is 70.2 Å². The summed E-state index contributed by atoms with van der Waals surface area (Å²) in [4.78, 5) is 12.5. The Hall–Kier alpha value is -2.62. The SMILES string of the molecule is Cc1ccc(C(=O)C[C@@H](c2ccc(Cl)cc2)C(C#N)C#N)cc1. The van der Waals surface area contributed by atoms with Gasteiger partial charge in [-0.1, -0.05) is 53.6 Å². The van der Waals surface area contributed by atoms with Crippen LogP contribution in [0.4, 0.5) is 0 Å². The molecule has 0 N–H and O–H groups in total. The molecule has 0 spiro atoms. The Kier molecular flexibility index (Phi) is 5.52. The highest BCUT2D eigenvalue weighted by Crippen LogP contribution is 2.30. The molecule has 0 aliphatic carbocycles. The molecule has 2 aromatic carbocycles. The van der Waals surface area contributed by atoms with Crippen LogP contribution >= 0.6 is 11.6 Å². The molecule has 114 valence electrons. The van der Waals surface area contributed by atoms with Crippen LogP contribution in [0.25, 0.3) is 0 Å². The van der Waals surface area contributed by atoms with Crippen molar-refractivity contribution in [3.63, 3.8) is 0 Å². The molecule has 1 atom stereocenters. The molecule has 0 bridgehead atoms. The van der Waals surface area contributed by atoms with Crippen LogP contribution in [-0.2, 0) is 0 Å². The van der Waals surface area contributed by atoms with E-state index in [0.717, 1.165) is 11.1 Å². The van der Waals surface area contributed by atoms with Gasteiger partial charge in [0.15, 0.2) is 5.78 Å². The van der Waals surface area contributed by atoms with E-state index in [0.29, 0.717) is 10.6 Å². The third-order valence-corrected chi connectivity index (χ3v) is 4.01. The van der Waals surface area contributed by atoms with E-state index in [4.69, 9.17) is 11.6 Å². The van der Waals surface area contributed by atoms with E-state index in [1.54, 1.807) is 36.4 Å². The zero-order valence-corrected chi connectivity index (χ0v) is 13.4. The van der Waals surface area contributed by atoms with E-state index in [1.165, 1.54) is 0 Å². The second kappa shape index (κ2) is 7.58. The minimum Gasteiger partial charge on any atom is -0.294 e. The first-order chi connectivity index (χ1) is 11.0. The third kappa shape index (κ3) is 4.19. The first-order valence-corrected chi connectivity index (χ1v) is 7.57. The molecule has 0 aliphatic heterocycles. The summed E-state index contributed by atoms with van der Waals surface area (Å²) in [5.41, 5.74) is 2.43. The highest BCUT2D eigenvalue weighted by Gasteiger charge is 2.26. The number of nitriles is 2. The molecule has 4 heteroatoms. The molecular formula is C19H15ClN2O. The minimum atomic E-state index is -0.884. The average Bonchev–Trinajstić information content (AvgIpc) is 2.56. The zero-order chi connectivity index (χ0) is 16.8. The van der Waals surface area contributed by atoms with Gasteiger partial charge >= 0.3 is 0 Å². The molecule has 23 heavy (non-hydrogen) atoms. The maximum Gasteiger partial charge on any atom is 0.163 e. The van der Waals surface area contributed by atoms with E-state index in [9.17, 15) is 15.3 Å². The van der Waals surface area contributed by atoms with E-state index in [-0.39, 0.29) is 12.2 Å². The summed E-state index contributed by atoms with van der Waals surface area (Å²) in [6.45, 7) is 1.95. The number of hydrogen-bond donors (Lipinski definition) is 0. The summed E-state index contributed by atoms with van der Waals surface area (Å²) < 4.78 is 0. The highest BCUT2D eigenvalue weighted by molar-refractivity contribution is 6.30. The Bertz CT molecular complexity index is 753. The summed E-state index contributed by atoms with van der Waals surface area (Å²) in [7, 11) is 0. The normalized spacial score (nSPS) is 11.5. The lowest BCUT2D eigenvalue weighted by Gasteiger charge is -2.17. The Morgan fingerprint density at radius 1 is 1.04 bits per heavy atom. The number of benzene rings is 2. The Labute approximate surface area is 140 Å². The number of Topliss-reactive ketones (excluding diaryl/α,β-unsaturated/α-hetero) is 1. The number of aryl methyl sites for hydroxylation is 1. The molecule has 0 saturated heterocycles. The van der Waals surface area contributed by atoms with E-state index < -0.39 is 11.8 Å². The summed E-state index contributed by atoms with van der Waals surface area (Å²) in [5, 5.41) is 19.0. The van der Waals surface area contributed by atoms with Gasteiger partial charge in [-0.25, -0.2) is 0 Å². The van der Waals surface area contributed by atoms with Gasteiger partial charge in [0, 0.05) is 22.9 Å². The van der Waals surface area contributed by atoms with Gasteiger partial charge in [0.05, 0.1) is 12.1 Å². The van der Waals surface area contributed by atoms with Gasteiger partial charge in [-0.05, 0) is 24.6 Å². The molecule has 3 nitrogen and oxygen atoms in total. The van der Waals surface area contributed by atoms with Crippen LogP contribution in [0.3, 0.4) is 0 Å². The molecule has 0 aromatic heterocycles. The lowest BCUT2D eigenvalue weighted by Crippen LogP contribution is -2.15. The van der Waals surface area contributed by atoms with Crippen molar-refractivity contribution >= 4 is 17.4 Å². The Morgan fingerprint density at radius 3 is 2.13 bits per heavy atom. The fourth-order valence-corrected chi connectivity index (χ4v) is 2.53. The molecule has 0 aliphatic rings. The summed E-state index contributed by atoms with van der Waals surface area (Å²) in [6, 6.07) is 18.2. The smallest absolute Gasteiger partial charge is 0.163 e. The molecule has 0 heterocycles. The van der Waals surface area contributed by atoms with E-state index >= 15 is 0 Å². The van der Waals surface area contributed by atoms with Crippen LogP contribution in [0.1, 0.15) is 33.8 Å². The van der Waals surface area contributed by atoms with Crippen molar-refractivity contribution in [2.75, 3.05) is 0 Å². The molecule has 0 amide bonds. The van der Waals surface area contributed by atoms with Crippen LogP contribution in [0, 0.1) is 35.5 Å². The number of rotatable bonds is 5. The number of carbonyl (C=O) groups is 1. The van der Waals surface area contributed by atoms with Crippen LogP contribution in [0.2, 0.25) is 5.02 Å². The second-order valence-electron chi connectivity index (χ2n) is 5.39. The number of carbonyl (C=O) groups excluding carboxylic acids is 1. The van der Waals surface area contributed by atoms with Gasteiger partial charge in [-0.15, -0.1) is 0 Å². The number of halogens is 1. The van der Waals surface area contributed by atoms with Gasteiger partial charge in [0.25, 0.3) is 0 Å². The van der Waals surface area contributed by atoms with Gasteiger partial charge in [0.2, 0.25) is 0 Å². The maximum absolute atomic E-state index is 12.5. The quantitative estimate of drug-likeness (QED) is 0.751. The minimum absolute atomic E-state index is 0.0829. The molecule has 0 radical (unpaired) electrons. The lowest BCUT2D eigenvalue weighted by atomic mass is 9.83. The molecule has 2 aromatic rings. The summed E-state index contributed by atoms with van der Waals surface area (Å²) in [5.74, 6) is -1.44. The number of ketones is 1. The number of nitrogens with zero attached hydrogens (tertiary/aromatic N) is 2. The van der Waals surface area contributed by atoms with Gasteiger partial charge in [-0.3, -0.25) is 4.79 Å². The topological polar surface area (TPSA) is 64.7 Å². The molecule has 0 saturated carbocycles. The third-order valence-electron chi connectivity index (χ3n) is 3.76. The molecular weight excluding hydrogens is 308 g/mol. The largest absolute Gasteiger partial charge is 0.294 e. The zero-order valence-electron chi connectivity index (χ0n) is 12.7. The predicted molar refractivity (Wildman–Crippen MR) is 89.0 cm³/mol. The van der Waals surface area contributed by atoms with Gasteiger partial charge in [-0.2, -0.15) is 10.5 Å². The number of hydrogen-bond acceptors (Lipinski definition) is 3. The van der Waals surface area contributed by atoms with Crippen molar-refractivity contribution in [3.8, 4) is 12.1 Å². The first kappa shape index (κ1) is 16.7. The Balaban J connectivity index is 2.29. The Morgan fingerprint density at radius 2 is 1.61 bits per heavy atom. The van der Waals surface area contributed by atoms with E-state index in [1.807, 2.05) is 31.2 Å². The molecule has 2 rings (SSSR count). The lowest BCUT2D eigenvalue weighted by molar-refractivity contribution is 0.0971. The van der Waals surface area contributed by atoms with Crippen molar-refractivity contribution in [1.82, 2.24) is 0 Å². The fourth-order valence-electron chi connectivity index (χ4n) is 2.40. The summed E-state index contributed by atoms with van der Waals surface area (Å²) in [6.07, 6.45) is 0.108. The molecule has 0 unspecified atom stereocenters. The standard InChI is InChI=1S/C19H15ClN2O/c1-13-2-4-15(5-3-13)19(23)10-18(16(11-21)12-22)14-6-8-17(20)9-7-14/h2-9,16,18H,10H2,1H3/t18-/m0/s1. The second-order valence-corrected chi connectivity index (χ2v) is 5.82. The van der Waals surface area contributed by atoms with Gasteiger partial charge in [0.1, 0.15) is 5.92 Å².